The number of nitro groups is 1. The number of rotatable bonds is 10. The van der Waals surface area contributed by atoms with Crippen LogP contribution in [0.2, 0.25) is 0 Å². The molecule has 8 nitrogen and oxygen atoms in total. The number of nitrogens with one attached hydrogen (secondary N) is 2. The van der Waals surface area contributed by atoms with Crippen LogP contribution in [0, 0.1) is 17.0 Å². The summed E-state index contributed by atoms with van der Waals surface area (Å²) >= 11 is 0. The second-order valence-corrected chi connectivity index (χ2v) is 8.46. The molecule has 29 heavy (non-hydrogen) atoms. The van der Waals surface area contributed by atoms with Gasteiger partial charge >= 0.3 is 0 Å². The van der Waals surface area contributed by atoms with E-state index >= 15 is 0 Å². The number of aryl methyl sites for hydroxylation is 1. The Hall–Kier alpha value is -2.78. The first-order chi connectivity index (χ1) is 13.7. The second-order valence-electron chi connectivity index (χ2n) is 6.70. The van der Waals surface area contributed by atoms with Crippen LogP contribution in [0.15, 0.2) is 47.4 Å². The Morgan fingerprint density at radius 1 is 1.07 bits per heavy atom. The molecular weight excluding hydrogens is 394 g/mol. The number of hydrogen-bond acceptors (Lipinski definition) is 5. The van der Waals surface area contributed by atoms with Crippen LogP contribution >= 0.6 is 0 Å². The van der Waals surface area contributed by atoms with Crippen molar-refractivity contribution in [3.05, 3.63) is 63.7 Å². The zero-order chi connectivity index (χ0) is 21.4. The zero-order valence-electron chi connectivity index (χ0n) is 16.5. The van der Waals surface area contributed by atoms with E-state index in [1.165, 1.54) is 42.5 Å². The fourth-order valence-corrected chi connectivity index (χ4v) is 3.78. The highest BCUT2D eigenvalue weighted by Crippen LogP contribution is 2.21. The maximum absolute atomic E-state index is 12.3. The Balaban J connectivity index is 2.02. The van der Waals surface area contributed by atoms with Crippen LogP contribution in [-0.2, 0) is 10.0 Å². The average molecular weight is 420 g/mol. The zero-order valence-corrected chi connectivity index (χ0v) is 17.3. The molecule has 2 rings (SSSR count). The third-order valence-corrected chi connectivity index (χ3v) is 5.89. The molecule has 0 fully saturated rings. The lowest BCUT2D eigenvalue weighted by molar-refractivity contribution is -0.385. The van der Waals surface area contributed by atoms with Crippen LogP contribution in [0.5, 0.6) is 0 Å². The molecule has 2 N–H and O–H groups in total. The Kier molecular flexibility index (Phi) is 7.86. The van der Waals surface area contributed by atoms with Crippen LogP contribution < -0.4 is 10.0 Å². The number of carbonyl (C=O) groups is 1. The fourth-order valence-electron chi connectivity index (χ4n) is 2.71. The van der Waals surface area contributed by atoms with Gasteiger partial charge in [-0.25, -0.2) is 13.1 Å². The number of amides is 1. The summed E-state index contributed by atoms with van der Waals surface area (Å²) in [4.78, 5) is 22.9. The molecule has 0 aromatic heterocycles. The minimum atomic E-state index is -3.60. The number of nitro benzene ring substituents is 1. The van der Waals surface area contributed by atoms with Crippen molar-refractivity contribution in [2.24, 2.45) is 0 Å². The molecule has 0 aliphatic rings. The first-order valence-electron chi connectivity index (χ1n) is 9.40. The van der Waals surface area contributed by atoms with Crippen LogP contribution in [0.1, 0.15) is 48.5 Å². The van der Waals surface area contributed by atoms with Crippen LogP contribution in [0.4, 0.5) is 11.4 Å². The van der Waals surface area contributed by atoms with Gasteiger partial charge in [0, 0.05) is 29.4 Å². The summed E-state index contributed by atoms with van der Waals surface area (Å²) in [5.41, 5.74) is 0.861. The summed E-state index contributed by atoms with van der Waals surface area (Å²) in [6.45, 7) is 4.06. The van der Waals surface area contributed by atoms with Gasteiger partial charge in [-0.1, -0.05) is 32.3 Å². The number of benzene rings is 2. The van der Waals surface area contributed by atoms with Gasteiger partial charge in [0.15, 0.2) is 0 Å². The third-order valence-electron chi connectivity index (χ3n) is 4.41. The standard InChI is InChI=1S/C20H25N3O5S/c1-3-4-5-6-13-21-29(27,28)18-11-9-17(10-12-18)22-20(24)16-8-7-15(2)19(14-16)23(25)26/h7-12,14,21H,3-6,13H2,1-2H3,(H,22,24). The molecule has 0 saturated heterocycles. The van der Waals surface area contributed by atoms with Gasteiger partial charge in [-0.3, -0.25) is 14.9 Å². The van der Waals surface area contributed by atoms with E-state index in [4.69, 9.17) is 0 Å². The minimum absolute atomic E-state index is 0.108. The molecule has 0 unspecified atom stereocenters. The minimum Gasteiger partial charge on any atom is -0.322 e. The number of carbonyl (C=O) groups excluding carboxylic acids is 1. The van der Waals surface area contributed by atoms with E-state index in [-0.39, 0.29) is 16.1 Å². The van der Waals surface area contributed by atoms with Crippen molar-refractivity contribution in [2.75, 3.05) is 11.9 Å². The summed E-state index contributed by atoms with van der Waals surface area (Å²) in [5.74, 6) is -0.516. The third kappa shape index (κ3) is 6.37. The Labute approximate surface area is 170 Å². The fraction of sp³-hybridized carbons (Fsp3) is 0.350. The lowest BCUT2D eigenvalue weighted by Crippen LogP contribution is -2.24. The van der Waals surface area contributed by atoms with E-state index in [2.05, 4.69) is 17.0 Å². The van der Waals surface area contributed by atoms with E-state index in [1.54, 1.807) is 6.92 Å². The van der Waals surface area contributed by atoms with Crippen molar-refractivity contribution in [2.45, 2.75) is 44.4 Å². The van der Waals surface area contributed by atoms with Crippen molar-refractivity contribution in [3.8, 4) is 0 Å². The lowest BCUT2D eigenvalue weighted by Gasteiger charge is -2.09. The summed E-state index contributed by atoms with van der Waals surface area (Å²) in [6, 6.07) is 9.99. The van der Waals surface area contributed by atoms with Crippen LogP contribution in [0.3, 0.4) is 0 Å². The van der Waals surface area contributed by atoms with Gasteiger partial charge in [0.05, 0.1) is 9.82 Å². The lowest BCUT2D eigenvalue weighted by atomic mass is 10.1. The Morgan fingerprint density at radius 3 is 2.38 bits per heavy atom. The largest absolute Gasteiger partial charge is 0.322 e. The summed E-state index contributed by atoms with van der Waals surface area (Å²) in [6.07, 6.45) is 3.90. The Bertz CT molecular complexity index is 972. The van der Waals surface area contributed by atoms with E-state index in [1.807, 2.05) is 0 Å². The molecule has 0 heterocycles. The molecule has 0 aliphatic carbocycles. The molecule has 2 aromatic carbocycles. The topological polar surface area (TPSA) is 118 Å². The van der Waals surface area contributed by atoms with Gasteiger partial charge in [-0.05, 0) is 43.7 Å². The van der Waals surface area contributed by atoms with Crippen molar-refractivity contribution in [1.82, 2.24) is 4.72 Å². The number of sulfonamides is 1. The molecule has 1 amide bonds. The van der Waals surface area contributed by atoms with E-state index in [9.17, 15) is 23.3 Å². The van der Waals surface area contributed by atoms with Gasteiger partial charge < -0.3 is 5.32 Å². The van der Waals surface area contributed by atoms with Crippen LogP contribution in [-0.4, -0.2) is 25.8 Å². The quantitative estimate of drug-likeness (QED) is 0.343. The van der Waals surface area contributed by atoms with E-state index in [0.717, 1.165) is 25.7 Å². The highest BCUT2D eigenvalue weighted by molar-refractivity contribution is 7.89. The molecule has 0 bridgehead atoms. The first-order valence-corrected chi connectivity index (χ1v) is 10.9. The Morgan fingerprint density at radius 2 is 1.76 bits per heavy atom. The van der Waals surface area contributed by atoms with Crippen molar-refractivity contribution >= 4 is 27.3 Å². The summed E-state index contributed by atoms with van der Waals surface area (Å²) in [7, 11) is -3.60. The molecule has 0 aliphatic heterocycles. The predicted molar refractivity (Wildman–Crippen MR) is 112 cm³/mol. The summed E-state index contributed by atoms with van der Waals surface area (Å²) in [5, 5.41) is 13.6. The van der Waals surface area contributed by atoms with Gasteiger partial charge in [-0.15, -0.1) is 0 Å². The molecule has 0 spiro atoms. The molecule has 2 aromatic rings. The molecule has 9 heteroatoms. The monoisotopic (exact) mass is 419 g/mol. The average Bonchev–Trinajstić information content (AvgIpc) is 2.68. The number of hydrogen-bond donors (Lipinski definition) is 2. The molecule has 0 radical (unpaired) electrons. The smallest absolute Gasteiger partial charge is 0.273 e. The normalized spacial score (nSPS) is 11.2. The first kappa shape index (κ1) is 22.5. The maximum atomic E-state index is 12.3. The SMILES string of the molecule is CCCCCCNS(=O)(=O)c1ccc(NC(=O)c2ccc(C)c([N+](=O)[O-])c2)cc1. The second kappa shape index (κ2) is 10.1. The molecule has 156 valence electrons. The van der Waals surface area contributed by atoms with Gasteiger partial charge in [-0.2, -0.15) is 0 Å². The van der Waals surface area contributed by atoms with Crippen molar-refractivity contribution in [3.63, 3.8) is 0 Å². The van der Waals surface area contributed by atoms with Crippen molar-refractivity contribution in [1.29, 1.82) is 0 Å². The number of nitrogens with zero attached hydrogens (tertiary/aromatic N) is 1. The highest BCUT2D eigenvalue weighted by Gasteiger charge is 2.16. The maximum Gasteiger partial charge on any atom is 0.273 e. The van der Waals surface area contributed by atoms with Crippen molar-refractivity contribution < 1.29 is 18.1 Å². The van der Waals surface area contributed by atoms with E-state index < -0.39 is 20.9 Å². The number of unbranched alkanes of at least 4 members (excludes halogenated alkanes) is 3. The van der Waals surface area contributed by atoms with Gasteiger partial charge in [0.25, 0.3) is 11.6 Å². The highest BCUT2D eigenvalue weighted by atomic mass is 32.2. The van der Waals surface area contributed by atoms with Crippen LogP contribution in [0.25, 0.3) is 0 Å². The molecule has 0 atom stereocenters. The predicted octanol–water partition coefficient (Wildman–Crippen LogP) is 4.01. The molecular formula is C20H25N3O5S. The number of anilines is 1. The van der Waals surface area contributed by atoms with E-state index in [0.29, 0.717) is 17.8 Å². The molecule has 0 saturated carbocycles. The van der Waals surface area contributed by atoms with Gasteiger partial charge in [0.1, 0.15) is 0 Å². The summed E-state index contributed by atoms with van der Waals surface area (Å²) < 4.78 is 27.1. The van der Waals surface area contributed by atoms with Gasteiger partial charge in [0.2, 0.25) is 10.0 Å².